The van der Waals surface area contributed by atoms with Gasteiger partial charge < -0.3 is 24.5 Å². The summed E-state index contributed by atoms with van der Waals surface area (Å²) in [5, 5.41) is 21.6. The van der Waals surface area contributed by atoms with Crippen LogP contribution in [-0.2, 0) is 50.9 Å². The van der Waals surface area contributed by atoms with E-state index in [2.05, 4.69) is 26.3 Å². The van der Waals surface area contributed by atoms with Gasteiger partial charge in [0.2, 0.25) is 15.9 Å². The van der Waals surface area contributed by atoms with Crippen molar-refractivity contribution in [3.63, 3.8) is 0 Å². The summed E-state index contributed by atoms with van der Waals surface area (Å²) in [6, 6.07) is 38.6. The minimum Gasteiger partial charge on any atom is -0.392 e. The molecule has 0 bridgehead atoms. The average Bonchev–Trinajstić information content (AvgIpc) is 3.66. The molecule has 1 aliphatic heterocycles. The molecule has 7 rings (SSSR count). The van der Waals surface area contributed by atoms with E-state index in [9.17, 15) is 18.3 Å². The molecule has 6 aromatic rings. The fourth-order valence-corrected chi connectivity index (χ4v) is 8.74. The van der Waals surface area contributed by atoms with Crippen molar-refractivity contribution >= 4 is 27.7 Å². The number of carbonyl (C=O) groups is 1. The lowest BCUT2D eigenvalue weighted by Crippen LogP contribution is -2.47. The SMILES string of the molecule is Cc1ccc(S(=O)(=O)N[C@H](Cc2ccccc2)C(=O)NCc2cccc(-c3cccc([C@H]4O[C@@H](CSc5nncn5C)C[C@@H](c5ccc(CO)cc5)O4)c3)c2)cc1. The van der Waals surface area contributed by atoms with E-state index in [0.717, 1.165) is 49.7 Å². The number of sulfonamides is 1. The minimum atomic E-state index is -3.97. The molecule has 3 N–H and O–H groups in total. The van der Waals surface area contributed by atoms with Gasteiger partial charge in [-0.05, 0) is 71.0 Å². The highest BCUT2D eigenvalue weighted by atomic mass is 32.2. The van der Waals surface area contributed by atoms with Crippen LogP contribution in [0, 0.1) is 6.92 Å². The first-order chi connectivity index (χ1) is 27.6. The Labute approximate surface area is 337 Å². The quantitative estimate of drug-likeness (QED) is 0.0953. The number of amides is 1. The second kappa shape index (κ2) is 18.4. The molecule has 1 aromatic heterocycles. The maximum Gasteiger partial charge on any atom is 0.241 e. The number of nitrogens with zero attached hydrogens (tertiary/aromatic N) is 3. The Hall–Kier alpha value is -5.15. The molecule has 294 valence electrons. The van der Waals surface area contributed by atoms with Gasteiger partial charge in [-0.3, -0.25) is 4.79 Å². The third kappa shape index (κ3) is 10.4. The number of hydrogen-bond acceptors (Lipinski definition) is 9. The predicted octanol–water partition coefficient (Wildman–Crippen LogP) is 6.83. The monoisotopic (exact) mass is 803 g/mol. The molecule has 0 spiro atoms. The van der Waals surface area contributed by atoms with Crippen LogP contribution in [0.1, 0.15) is 52.2 Å². The number of aliphatic hydroxyl groups excluding tert-OH is 1. The number of aryl methyl sites for hydroxylation is 2. The van der Waals surface area contributed by atoms with Crippen LogP contribution in [0.4, 0.5) is 0 Å². The van der Waals surface area contributed by atoms with E-state index in [1.165, 1.54) is 12.1 Å². The molecule has 0 radical (unpaired) electrons. The highest BCUT2D eigenvalue weighted by Gasteiger charge is 2.33. The molecule has 13 heteroatoms. The molecule has 11 nitrogen and oxygen atoms in total. The number of nitrogens with one attached hydrogen (secondary N) is 2. The van der Waals surface area contributed by atoms with Gasteiger partial charge in [0.1, 0.15) is 12.4 Å². The van der Waals surface area contributed by atoms with Crippen molar-refractivity contribution in [2.45, 2.75) is 67.5 Å². The molecule has 0 saturated carbocycles. The Balaban J connectivity index is 1.06. The van der Waals surface area contributed by atoms with Crippen molar-refractivity contribution in [2.75, 3.05) is 5.75 Å². The third-order valence-corrected chi connectivity index (χ3v) is 12.5. The fraction of sp³-hybridized carbons (Fsp3) is 0.250. The van der Waals surface area contributed by atoms with Crippen molar-refractivity contribution < 1.29 is 27.8 Å². The lowest BCUT2D eigenvalue weighted by atomic mass is 9.99. The van der Waals surface area contributed by atoms with Gasteiger partial charge in [-0.25, -0.2) is 8.42 Å². The maximum absolute atomic E-state index is 13.7. The van der Waals surface area contributed by atoms with E-state index in [4.69, 9.17) is 9.47 Å². The minimum absolute atomic E-state index is 0.0281. The Bertz CT molecular complexity index is 2370. The maximum atomic E-state index is 13.7. The first-order valence-corrected chi connectivity index (χ1v) is 21.2. The second-order valence-corrected chi connectivity index (χ2v) is 16.8. The Kier molecular flexibility index (Phi) is 12.9. The smallest absolute Gasteiger partial charge is 0.241 e. The Morgan fingerprint density at radius 1 is 0.860 bits per heavy atom. The predicted molar refractivity (Wildman–Crippen MR) is 219 cm³/mol. The molecular formula is C44H45N5O6S2. The molecule has 4 atom stereocenters. The van der Waals surface area contributed by atoms with Crippen LogP contribution in [0.15, 0.2) is 144 Å². The molecule has 5 aromatic carbocycles. The van der Waals surface area contributed by atoms with Crippen LogP contribution < -0.4 is 10.0 Å². The van der Waals surface area contributed by atoms with E-state index in [0.29, 0.717) is 12.2 Å². The molecule has 57 heavy (non-hydrogen) atoms. The van der Waals surface area contributed by atoms with E-state index >= 15 is 0 Å². The highest BCUT2D eigenvalue weighted by Crippen LogP contribution is 2.40. The highest BCUT2D eigenvalue weighted by molar-refractivity contribution is 7.99. The molecule has 1 amide bonds. The van der Waals surface area contributed by atoms with Gasteiger partial charge in [0.05, 0.1) is 23.7 Å². The zero-order valence-corrected chi connectivity index (χ0v) is 33.3. The van der Waals surface area contributed by atoms with Crippen molar-refractivity contribution in [1.82, 2.24) is 24.8 Å². The molecule has 2 heterocycles. The lowest BCUT2D eigenvalue weighted by molar-refractivity contribution is -0.245. The van der Waals surface area contributed by atoms with E-state index in [1.807, 2.05) is 116 Å². The van der Waals surface area contributed by atoms with Crippen LogP contribution in [0.2, 0.25) is 0 Å². The molecule has 0 aliphatic carbocycles. The number of ether oxygens (including phenoxy) is 2. The second-order valence-electron chi connectivity index (χ2n) is 14.1. The zero-order valence-electron chi connectivity index (χ0n) is 31.7. The van der Waals surface area contributed by atoms with Crippen LogP contribution >= 0.6 is 11.8 Å². The molecule has 0 unspecified atom stereocenters. The largest absolute Gasteiger partial charge is 0.392 e. The Morgan fingerprint density at radius 3 is 2.30 bits per heavy atom. The van der Waals surface area contributed by atoms with Crippen LogP contribution in [0.3, 0.4) is 0 Å². The van der Waals surface area contributed by atoms with Crippen LogP contribution in [0.5, 0.6) is 0 Å². The average molecular weight is 804 g/mol. The lowest BCUT2D eigenvalue weighted by Gasteiger charge is -2.36. The third-order valence-electron chi connectivity index (χ3n) is 9.80. The van der Waals surface area contributed by atoms with Gasteiger partial charge >= 0.3 is 0 Å². The van der Waals surface area contributed by atoms with E-state index in [1.54, 1.807) is 30.2 Å². The van der Waals surface area contributed by atoms with Gasteiger partial charge in [0.15, 0.2) is 11.4 Å². The van der Waals surface area contributed by atoms with Gasteiger partial charge in [-0.1, -0.05) is 120 Å². The molecule has 1 saturated heterocycles. The fourth-order valence-electron chi connectivity index (χ4n) is 6.64. The van der Waals surface area contributed by atoms with Gasteiger partial charge in [-0.15, -0.1) is 10.2 Å². The van der Waals surface area contributed by atoms with Crippen LogP contribution in [-0.4, -0.2) is 52.1 Å². The standard InChI is InChI=1S/C44H45N5O6S2/c1-30-14-20-39(21-15-30)57(52,53)48-40(23-31-8-4-3-5-9-31)42(51)45-26-33-10-6-11-35(22-33)36-12-7-13-37(24-36)43-54-38(28-56-44-47-46-29-49(44)2)25-41(55-43)34-18-16-32(27-50)17-19-34/h3-22,24,29,38,40-41,43,48,50H,23,25-28H2,1-2H3,(H,45,51)/t38-,40-,41+,43+/m1/s1. The van der Waals surface area contributed by atoms with E-state index in [-0.39, 0.29) is 36.7 Å². The van der Waals surface area contributed by atoms with Gasteiger partial charge in [-0.2, -0.15) is 4.72 Å². The van der Waals surface area contributed by atoms with Gasteiger partial charge in [0.25, 0.3) is 0 Å². The molecule has 1 aliphatic rings. The number of hydrogen-bond donors (Lipinski definition) is 3. The molecule has 1 fully saturated rings. The number of aromatic nitrogens is 3. The summed E-state index contributed by atoms with van der Waals surface area (Å²) in [6.07, 6.45) is 1.49. The normalized spacial score (nSPS) is 17.6. The van der Waals surface area contributed by atoms with Crippen molar-refractivity contribution in [2.24, 2.45) is 7.05 Å². The summed E-state index contributed by atoms with van der Waals surface area (Å²) in [5.74, 6) is 0.228. The van der Waals surface area contributed by atoms with Crippen molar-refractivity contribution in [1.29, 1.82) is 0 Å². The summed E-state index contributed by atoms with van der Waals surface area (Å²) in [7, 11) is -2.06. The summed E-state index contributed by atoms with van der Waals surface area (Å²) >= 11 is 1.58. The van der Waals surface area contributed by atoms with Crippen molar-refractivity contribution in [3.05, 3.63) is 167 Å². The number of benzene rings is 5. The first kappa shape index (κ1) is 40.1. The van der Waals surface area contributed by atoms with Crippen LogP contribution in [0.25, 0.3) is 11.1 Å². The van der Waals surface area contributed by atoms with Crippen molar-refractivity contribution in [3.8, 4) is 11.1 Å². The molecular weight excluding hydrogens is 759 g/mol. The van der Waals surface area contributed by atoms with E-state index < -0.39 is 28.3 Å². The zero-order chi connectivity index (χ0) is 39.8. The summed E-state index contributed by atoms with van der Waals surface area (Å²) < 4.78 is 44.5. The topological polar surface area (TPSA) is 145 Å². The Morgan fingerprint density at radius 2 is 1.58 bits per heavy atom. The number of rotatable bonds is 15. The first-order valence-electron chi connectivity index (χ1n) is 18.7. The number of carbonyl (C=O) groups excluding carboxylic acids is 1. The summed E-state index contributed by atoms with van der Waals surface area (Å²) in [6.45, 7) is 2.05. The van der Waals surface area contributed by atoms with Gasteiger partial charge in [0, 0.05) is 31.3 Å². The number of thioether (sulfide) groups is 1. The summed E-state index contributed by atoms with van der Waals surface area (Å²) in [5.41, 5.74) is 7.20. The number of aliphatic hydroxyl groups is 1. The summed E-state index contributed by atoms with van der Waals surface area (Å²) in [4.78, 5) is 13.8.